The van der Waals surface area contributed by atoms with Crippen LogP contribution in [-0.4, -0.2) is 48.2 Å². The number of hydrogen-bond acceptors (Lipinski definition) is 3. The van der Waals surface area contributed by atoms with Crippen molar-refractivity contribution in [3.8, 4) is 0 Å². The van der Waals surface area contributed by atoms with Gasteiger partial charge in [0.2, 0.25) is 5.91 Å². The number of carbonyl (C=O) groups excluding carboxylic acids is 2. The molecule has 1 aliphatic heterocycles. The van der Waals surface area contributed by atoms with E-state index in [1.54, 1.807) is 23.1 Å². The molecule has 1 unspecified atom stereocenters. The highest BCUT2D eigenvalue weighted by molar-refractivity contribution is 6.42. The summed E-state index contributed by atoms with van der Waals surface area (Å²) in [6.07, 6.45) is 1.92. The van der Waals surface area contributed by atoms with Crippen LogP contribution in [0.3, 0.4) is 0 Å². The van der Waals surface area contributed by atoms with Crippen molar-refractivity contribution in [2.45, 2.75) is 25.3 Å². The fourth-order valence-electron chi connectivity index (χ4n) is 3.44. The zero-order valence-electron chi connectivity index (χ0n) is 16.5. The molecular weight excluding hydrogens is 423 g/mol. The number of hydrogen-bond donors (Lipinski definition) is 3. The third kappa shape index (κ3) is 5.74. The van der Waals surface area contributed by atoms with Crippen molar-refractivity contribution in [3.05, 3.63) is 69.7 Å². The SMILES string of the molecule is N=C(c1ccc(Cl)c(Cl)c1)C(CNC(=O)NCCc1ccccc1)N1CCCC1=O. The lowest BCUT2D eigenvalue weighted by Gasteiger charge is -2.29. The molecule has 0 aromatic heterocycles. The molecule has 158 valence electrons. The molecule has 0 aliphatic carbocycles. The van der Waals surface area contributed by atoms with Crippen LogP contribution in [0, 0.1) is 5.41 Å². The lowest BCUT2D eigenvalue weighted by molar-refractivity contribution is -0.128. The summed E-state index contributed by atoms with van der Waals surface area (Å²) in [5, 5.41) is 15.0. The molecule has 0 spiro atoms. The van der Waals surface area contributed by atoms with Gasteiger partial charge in [0, 0.05) is 26.1 Å². The lowest BCUT2D eigenvalue weighted by atomic mass is 10.0. The highest BCUT2D eigenvalue weighted by atomic mass is 35.5. The maximum atomic E-state index is 12.3. The number of urea groups is 1. The number of halogens is 2. The van der Waals surface area contributed by atoms with Gasteiger partial charge in [0.05, 0.1) is 21.8 Å². The van der Waals surface area contributed by atoms with Crippen LogP contribution in [0.5, 0.6) is 0 Å². The largest absolute Gasteiger partial charge is 0.338 e. The topological polar surface area (TPSA) is 85.3 Å². The van der Waals surface area contributed by atoms with E-state index in [-0.39, 0.29) is 24.2 Å². The second-order valence-corrected chi connectivity index (χ2v) is 7.94. The first-order chi connectivity index (χ1) is 14.5. The molecule has 8 heteroatoms. The number of amides is 3. The summed E-state index contributed by atoms with van der Waals surface area (Å²) >= 11 is 12.1. The van der Waals surface area contributed by atoms with E-state index in [1.807, 2.05) is 30.3 Å². The fourth-order valence-corrected chi connectivity index (χ4v) is 3.74. The molecule has 1 atom stereocenters. The van der Waals surface area contributed by atoms with Gasteiger partial charge >= 0.3 is 6.03 Å². The smallest absolute Gasteiger partial charge is 0.314 e. The van der Waals surface area contributed by atoms with Crippen LogP contribution in [0.25, 0.3) is 0 Å². The van der Waals surface area contributed by atoms with Gasteiger partial charge in [0.15, 0.2) is 0 Å². The van der Waals surface area contributed by atoms with Crippen molar-refractivity contribution in [2.75, 3.05) is 19.6 Å². The van der Waals surface area contributed by atoms with Gasteiger partial charge < -0.3 is 20.9 Å². The van der Waals surface area contributed by atoms with Gasteiger partial charge in [-0.25, -0.2) is 4.79 Å². The van der Waals surface area contributed by atoms with E-state index in [2.05, 4.69) is 10.6 Å². The van der Waals surface area contributed by atoms with E-state index in [0.717, 1.165) is 18.4 Å². The van der Waals surface area contributed by atoms with Crippen LogP contribution < -0.4 is 10.6 Å². The first-order valence-electron chi connectivity index (χ1n) is 9.84. The molecule has 1 saturated heterocycles. The van der Waals surface area contributed by atoms with Crippen molar-refractivity contribution in [1.29, 1.82) is 5.41 Å². The van der Waals surface area contributed by atoms with E-state index < -0.39 is 6.04 Å². The Morgan fingerprint density at radius 3 is 2.53 bits per heavy atom. The van der Waals surface area contributed by atoms with Gasteiger partial charge in [0.25, 0.3) is 0 Å². The van der Waals surface area contributed by atoms with Crippen molar-refractivity contribution >= 4 is 40.9 Å². The number of carbonyl (C=O) groups is 2. The predicted molar refractivity (Wildman–Crippen MR) is 120 cm³/mol. The van der Waals surface area contributed by atoms with Crippen molar-refractivity contribution in [2.24, 2.45) is 0 Å². The standard InChI is InChI=1S/C22H24Cl2N4O2/c23-17-9-8-16(13-18(17)24)21(25)19(28-12-4-7-20(28)29)14-27-22(30)26-11-10-15-5-2-1-3-6-15/h1-3,5-6,8-9,13,19,25H,4,7,10-12,14H2,(H2,26,27,30). The maximum Gasteiger partial charge on any atom is 0.314 e. The average molecular weight is 447 g/mol. The molecule has 3 rings (SSSR count). The van der Waals surface area contributed by atoms with Crippen LogP contribution in [0.4, 0.5) is 4.79 Å². The summed E-state index contributed by atoms with van der Waals surface area (Å²) in [5.41, 5.74) is 1.92. The van der Waals surface area contributed by atoms with Crippen LogP contribution in [0.1, 0.15) is 24.0 Å². The van der Waals surface area contributed by atoms with Crippen LogP contribution in [0.15, 0.2) is 48.5 Å². The predicted octanol–water partition coefficient (Wildman–Crippen LogP) is 3.89. The van der Waals surface area contributed by atoms with Crippen molar-refractivity contribution < 1.29 is 9.59 Å². The summed E-state index contributed by atoms with van der Waals surface area (Å²) in [5.74, 6) is -0.0175. The minimum atomic E-state index is -0.572. The molecule has 3 amide bonds. The lowest BCUT2D eigenvalue weighted by Crippen LogP contribution is -2.51. The monoisotopic (exact) mass is 446 g/mol. The van der Waals surface area contributed by atoms with Crippen LogP contribution in [-0.2, 0) is 11.2 Å². The van der Waals surface area contributed by atoms with Crippen molar-refractivity contribution in [1.82, 2.24) is 15.5 Å². The number of likely N-dealkylation sites (tertiary alicyclic amines) is 1. The summed E-state index contributed by atoms with van der Waals surface area (Å²) in [7, 11) is 0. The average Bonchev–Trinajstić information content (AvgIpc) is 3.16. The highest BCUT2D eigenvalue weighted by Gasteiger charge is 2.31. The Kier molecular flexibility index (Phi) is 7.71. The summed E-state index contributed by atoms with van der Waals surface area (Å²) in [4.78, 5) is 26.2. The molecule has 1 heterocycles. The molecule has 2 aromatic carbocycles. The van der Waals surface area contributed by atoms with Crippen molar-refractivity contribution in [3.63, 3.8) is 0 Å². The third-order valence-electron chi connectivity index (χ3n) is 5.05. The molecule has 1 fully saturated rings. The van der Waals surface area contributed by atoms with Gasteiger partial charge in [-0.05, 0) is 36.1 Å². The van der Waals surface area contributed by atoms with Gasteiger partial charge in [0.1, 0.15) is 0 Å². The van der Waals surface area contributed by atoms with Gasteiger partial charge in [-0.3, -0.25) is 4.79 Å². The zero-order chi connectivity index (χ0) is 21.5. The Hall–Kier alpha value is -2.57. The molecule has 6 nitrogen and oxygen atoms in total. The minimum absolute atomic E-state index is 0.0175. The first kappa shape index (κ1) is 22.1. The Labute approximate surface area is 186 Å². The Morgan fingerprint density at radius 1 is 1.10 bits per heavy atom. The van der Waals surface area contributed by atoms with E-state index in [4.69, 9.17) is 28.6 Å². The quantitative estimate of drug-likeness (QED) is 0.537. The molecule has 1 aliphatic rings. The Morgan fingerprint density at radius 2 is 1.87 bits per heavy atom. The second kappa shape index (κ2) is 10.5. The summed E-state index contributed by atoms with van der Waals surface area (Å²) in [6.45, 7) is 1.19. The van der Waals surface area contributed by atoms with E-state index in [0.29, 0.717) is 35.1 Å². The van der Waals surface area contributed by atoms with Crippen LogP contribution in [0.2, 0.25) is 10.0 Å². The van der Waals surface area contributed by atoms with Gasteiger partial charge in [-0.2, -0.15) is 0 Å². The molecular formula is C22H24Cl2N4O2. The Bertz CT molecular complexity index is 921. The second-order valence-electron chi connectivity index (χ2n) is 7.12. The zero-order valence-corrected chi connectivity index (χ0v) is 18.0. The van der Waals surface area contributed by atoms with E-state index >= 15 is 0 Å². The van der Waals surface area contributed by atoms with Gasteiger partial charge in [-0.1, -0.05) is 59.6 Å². The Balaban J connectivity index is 1.61. The molecule has 2 aromatic rings. The first-order valence-corrected chi connectivity index (χ1v) is 10.6. The summed E-state index contributed by atoms with van der Waals surface area (Å²) < 4.78 is 0. The molecule has 30 heavy (non-hydrogen) atoms. The molecule has 0 saturated carbocycles. The molecule has 0 radical (unpaired) electrons. The minimum Gasteiger partial charge on any atom is -0.338 e. The maximum absolute atomic E-state index is 12.3. The third-order valence-corrected chi connectivity index (χ3v) is 5.79. The fraction of sp³-hybridized carbons (Fsp3) is 0.318. The van der Waals surface area contributed by atoms with Crippen LogP contribution >= 0.6 is 23.2 Å². The molecule has 0 bridgehead atoms. The highest BCUT2D eigenvalue weighted by Crippen LogP contribution is 2.24. The molecule has 3 N–H and O–H groups in total. The van der Waals surface area contributed by atoms with Gasteiger partial charge in [-0.15, -0.1) is 0 Å². The van der Waals surface area contributed by atoms with E-state index in [1.165, 1.54) is 0 Å². The van der Waals surface area contributed by atoms with E-state index in [9.17, 15) is 9.59 Å². The normalized spacial score (nSPS) is 14.5. The number of benzene rings is 2. The number of nitrogens with one attached hydrogen (secondary N) is 3. The summed E-state index contributed by atoms with van der Waals surface area (Å²) in [6, 6.07) is 13.9. The number of rotatable bonds is 8. The number of nitrogens with zero attached hydrogens (tertiary/aromatic N) is 1.